The molecule has 0 radical (unpaired) electrons. The molecule has 3 aromatic heterocycles. The lowest BCUT2D eigenvalue weighted by atomic mass is 10.1. The van der Waals surface area contributed by atoms with Gasteiger partial charge in [-0.05, 0) is 38.1 Å². The van der Waals surface area contributed by atoms with E-state index in [0.717, 1.165) is 22.5 Å². The normalized spacial score (nSPS) is 11.4. The summed E-state index contributed by atoms with van der Waals surface area (Å²) < 4.78 is 4.94. The van der Waals surface area contributed by atoms with Gasteiger partial charge < -0.3 is 9.88 Å². The molecule has 0 aliphatic heterocycles. The van der Waals surface area contributed by atoms with Gasteiger partial charge in [0.15, 0.2) is 0 Å². The highest BCUT2D eigenvalue weighted by atomic mass is 16.1. The Labute approximate surface area is 155 Å². The fourth-order valence-corrected chi connectivity index (χ4v) is 3.39. The van der Waals surface area contributed by atoms with Crippen molar-refractivity contribution in [2.24, 2.45) is 14.1 Å². The summed E-state index contributed by atoms with van der Waals surface area (Å²) in [7, 11) is 3.58. The average Bonchev–Trinajstić information content (AvgIpc) is 3.23. The molecular weight excluding hydrogens is 344 g/mol. The summed E-state index contributed by atoms with van der Waals surface area (Å²) in [6.45, 7) is 4.30. The van der Waals surface area contributed by atoms with Crippen molar-refractivity contribution in [1.29, 1.82) is 0 Å². The van der Waals surface area contributed by atoms with Gasteiger partial charge >= 0.3 is 0 Å². The number of nitrogens with zero attached hydrogens (tertiary/aromatic N) is 5. The lowest BCUT2D eigenvalue weighted by Crippen LogP contribution is -2.24. The van der Waals surface area contributed by atoms with Crippen LogP contribution in [-0.2, 0) is 20.6 Å². The first-order valence-corrected chi connectivity index (χ1v) is 8.62. The standard InChI is InChI=1S/C19H20N6O2/c1-11-14(12(2)24(4)22-11)10-20-18(26)13-5-6-15-17(9-13)23(3)19(27)16-7-8-21-25(15)16/h5-9H,10H2,1-4H3,(H,20,26). The summed E-state index contributed by atoms with van der Waals surface area (Å²) in [5, 5.41) is 11.5. The van der Waals surface area contributed by atoms with Crippen molar-refractivity contribution in [2.45, 2.75) is 20.4 Å². The summed E-state index contributed by atoms with van der Waals surface area (Å²) in [6, 6.07) is 6.95. The second-order valence-corrected chi connectivity index (χ2v) is 6.65. The van der Waals surface area contributed by atoms with E-state index in [1.54, 1.807) is 45.2 Å². The summed E-state index contributed by atoms with van der Waals surface area (Å²) in [4.78, 5) is 25.1. The van der Waals surface area contributed by atoms with Gasteiger partial charge in [-0.3, -0.25) is 14.3 Å². The van der Waals surface area contributed by atoms with E-state index >= 15 is 0 Å². The Morgan fingerprint density at radius 2 is 1.89 bits per heavy atom. The van der Waals surface area contributed by atoms with Crippen molar-refractivity contribution in [3.8, 4) is 0 Å². The van der Waals surface area contributed by atoms with Gasteiger partial charge in [0.05, 0.1) is 22.9 Å². The monoisotopic (exact) mass is 364 g/mol. The van der Waals surface area contributed by atoms with Crippen molar-refractivity contribution in [3.05, 3.63) is 63.3 Å². The predicted octanol–water partition coefficient (Wildman–Crippen LogP) is 1.47. The maximum atomic E-state index is 12.7. The minimum Gasteiger partial charge on any atom is -0.348 e. The molecule has 0 unspecified atom stereocenters. The highest BCUT2D eigenvalue weighted by Crippen LogP contribution is 2.16. The van der Waals surface area contributed by atoms with Crippen LogP contribution in [-0.4, -0.2) is 29.9 Å². The molecular formula is C19H20N6O2. The molecule has 1 amide bonds. The molecule has 1 N–H and O–H groups in total. The van der Waals surface area contributed by atoms with Crippen molar-refractivity contribution < 1.29 is 4.79 Å². The minimum absolute atomic E-state index is 0.154. The van der Waals surface area contributed by atoms with E-state index in [1.165, 1.54) is 0 Å². The number of aromatic nitrogens is 5. The zero-order valence-electron chi connectivity index (χ0n) is 15.6. The number of nitrogens with one attached hydrogen (secondary N) is 1. The number of rotatable bonds is 3. The second kappa shape index (κ2) is 6.08. The van der Waals surface area contributed by atoms with Crippen LogP contribution in [0.5, 0.6) is 0 Å². The number of carbonyl (C=O) groups is 1. The Bertz CT molecular complexity index is 1260. The third-order valence-corrected chi connectivity index (χ3v) is 5.08. The van der Waals surface area contributed by atoms with Gasteiger partial charge in [-0.25, -0.2) is 4.52 Å². The van der Waals surface area contributed by atoms with Gasteiger partial charge in [-0.15, -0.1) is 0 Å². The molecule has 0 fully saturated rings. The van der Waals surface area contributed by atoms with Crippen LogP contribution in [0.3, 0.4) is 0 Å². The molecule has 0 spiro atoms. The Balaban J connectivity index is 1.69. The molecule has 1 aromatic carbocycles. The molecule has 8 heteroatoms. The van der Waals surface area contributed by atoms with Gasteiger partial charge in [0.25, 0.3) is 11.5 Å². The number of carbonyl (C=O) groups excluding carboxylic acids is 1. The Kier molecular flexibility index (Phi) is 3.83. The molecule has 138 valence electrons. The summed E-state index contributed by atoms with van der Waals surface area (Å²) >= 11 is 0. The summed E-state index contributed by atoms with van der Waals surface area (Å²) in [5.41, 5.74) is 5.20. The minimum atomic E-state index is -0.201. The van der Waals surface area contributed by atoms with Gasteiger partial charge in [0.2, 0.25) is 0 Å². The maximum Gasteiger partial charge on any atom is 0.276 e. The highest BCUT2D eigenvalue weighted by Gasteiger charge is 2.14. The molecule has 0 saturated heterocycles. The van der Waals surface area contributed by atoms with E-state index in [1.807, 2.05) is 27.0 Å². The van der Waals surface area contributed by atoms with E-state index in [2.05, 4.69) is 15.5 Å². The van der Waals surface area contributed by atoms with Gasteiger partial charge in [-0.2, -0.15) is 10.2 Å². The Morgan fingerprint density at radius 3 is 2.59 bits per heavy atom. The Morgan fingerprint density at radius 1 is 1.11 bits per heavy atom. The number of hydrogen-bond donors (Lipinski definition) is 1. The fourth-order valence-electron chi connectivity index (χ4n) is 3.39. The summed E-state index contributed by atoms with van der Waals surface area (Å²) in [5.74, 6) is -0.201. The Hall–Kier alpha value is -3.42. The molecule has 27 heavy (non-hydrogen) atoms. The average molecular weight is 364 g/mol. The van der Waals surface area contributed by atoms with Crippen molar-refractivity contribution >= 4 is 22.5 Å². The van der Waals surface area contributed by atoms with Crippen LogP contribution in [0.4, 0.5) is 0 Å². The predicted molar refractivity (Wildman–Crippen MR) is 102 cm³/mol. The maximum absolute atomic E-state index is 12.7. The second-order valence-electron chi connectivity index (χ2n) is 6.65. The third kappa shape index (κ3) is 2.61. The SMILES string of the molecule is Cc1nn(C)c(C)c1CNC(=O)c1ccc2c(c1)n(C)c(=O)c1ccnn12. The number of hydrogen-bond acceptors (Lipinski definition) is 4. The first-order chi connectivity index (χ1) is 12.9. The lowest BCUT2D eigenvalue weighted by Gasteiger charge is -2.10. The van der Waals surface area contributed by atoms with Crippen LogP contribution in [0.1, 0.15) is 27.3 Å². The van der Waals surface area contributed by atoms with Gasteiger partial charge in [-0.1, -0.05) is 0 Å². The molecule has 3 heterocycles. The van der Waals surface area contributed by atoms with Crippen LogP contribution in [0.2, 0.25) is 0 Å². The number of amides is 1. The van der Waals surface area contributed by atoms with Gasteiger partial charge in [0.1, 0.15) is 5.52 Å². The van der Waals surface area contributed by atoms with Gasteiger partial charge in [0, 0.05) is 37.5 Å². The lowest BCUT2D eigenvalue weighted by molar-refractivity contribution is 0.0951. The fraction of sp³-hybridized carbons (Fsp3) is 0.263. The van der Waals surface area contributed by atoms with Crippen molar-refractivity contribution in [2.75, 3.05) is 0 Å². The molecule has 0 bridgehead atoms. The quantitative estimate of drug-likeness (QED) is 0.596. The largest absolute Gasteiger partial charge is 0.348 e. The summed E-state index contributed by atoms with van der Waals surface area (Å²) in [6.07, 6.45) is 1.59. The van der Waals surface area contributed by atoms with E-state index in [-0.39, 0.29) is 11.5 Å². The van der Waals surface area contributed by atoms with Crippen LogP contribution in [0, 0.1) is 13.8 Å². The van der Waals surface area contributed by atoms with Crippen LogP contribution in [0.15, 0.2) is 35.3 Å². The molecule has 4 aromatic rings. The number of fused-ring (bicyclic) bond motifs is 3. The molecule has 0 saturated carbocycles. The van der Waals surface area contributed by atoms with E-state index < -0.39 is 0 Å². The molecule has 0 atom stereocenters. The van der Waals surface area contributed by atoms with E-state index in [0.29, 0.717) is 23.1 Å². The van der Waals surface area contributed by atoms with E-state index in [9.17, 15) is 9.59 Å². The van der Waals surface area contributed by atoms with Crippen molar-refractivity contribution in [3.63, 3.8) is 0 Å². The topological polar surface area (TPSA) is 86.2 Å². The van der Waals surface area contributed by atoms with E-state index in [4.69, 9.17) is 0 Å². The molecule has 8 nitrogen and oxygen atoms in total. The van der Waals surface area contributed by atoms with Crippen LogP contribution in [0.25, 0.3) is 16.6 Å². The number of aryl methyl sites for hydroxylation is 3. The number of benzene rings is 1. The first-order valence-electron chi connectivity index (χ1n) is 8.62. The third-order valence-electron chi connectivity index (χ3n) is 5.08. The zero-order chi connectivity index (χ0) is 19.3. The smallest absolute Gasteiger partial charge is 0.276 e. The first kappa shape index (κ1) is 17.0. The molecule has 0 aliphatic rings. The highest BCUT2D eigenvalue weighted by molar-refractivity contribution is 5.97. The molecule has 4 rings (SSSR count). The van der Waals surface area contributed by atoms with Crippen molar-refractivity contribution in [1.82, 2.24) is 29.3 Å². The molecule has 0 aliphatic carbocycles. The zero-order valence-corrected chi connectivity index (χ0v) is 15.6. The van der Waals surface area contributed by atoms with Crippen LogP contribution < -0.4 is 10.9 Å². The van der Waals surface area contributed by atoms with Crippen LogP contribution >= 0.6 is 0 Å².